The zero-order chi connectivity index (χ0) is 13.3. The summed E-state index contributed by atoms with van der Waals surface area (Å²) in [4.78, 5) is 0. The molecule has 0 bridgehead atoms. The Morgan fingerprint density at radius 2 is 2.17 bits per heavy atom. The first-order valence-corrected chi connectivity index (χ1v) is 6.34. The van der Waals surface area contributed by atoms with Crippen LogP contribution in [0.2, 0.25) is 0 Å². The summed E-state index contributed by atoms with van der Waals surface area (Å²) in [7, 11) is 1.86. The van der Waals surface area contributed by atoms with E-state index in [4.69, 9.17) is 5.73 Å². The van der Waals surface area contributed by atoms with Crippen LogP contribution in [-0.4, -0.2) is 9.78 Å². The summed E-state index contributed by atoms with van der Waals surface area (Å²) < 4.78 is 15.4. The molecule has 1 aromatic heterocycles. The van der Waals surface area contributed by atoms with E-state index in [0.717, 1.165) is 17.8 Å². The van der Waals surface area contributed by atoms with Crippen molar-refractivity contribution in [2.24, 2.45) is 7.05 Å². The molecule has 0 spiro atoms. The van der Waals surface area contributed by atoms with Crippen LogP contribution in [0.15, 0.2) is 22.8 Å². The molecule has 2 rings (SSSR count). The van der Waals surface area contributed by atoms with Crippen LogP contribution in [-0.2, 0) is 13.5 Å². The molecule has 1 heterocycles. The molecule has 6 heteroatoms. The highest BCUT2D eigenvalue weighted by molar-refractivity contribution is 9.10. The minimum atomic E-state index is -0.375. The zero-order valence-electron chi connectivity index (χ0n) is 10.2. The molecule has 2 aromatic rings. The van der Waals surface area contributed by atoms with Gasteiger partial charge in [-0.25, -0.2) is 4.39 Å². The van der Waals surface area contributed by atoms with Gasteiger partial charge < -0.3 is 11.1 Å². The number of nitrogens with two attached hydrogens (primary N) is 1. The van der Waals surface area contributed by atoms with Gasteiger partial charge in [-0.1, -0.05) is 6.92 Å². The quantitative estimate of drug-likeness (QED) is 0.856. The van der Waals surface area contributed by atoms with Crippen LogP contribution in [0.1, 0.15) is 12.6 Å². The average Bonchev–Trinajstić information content (AvgIpc) is 2.66. The van der Waals surface area contributed by atoms with Gasteiger partial charge in [0.05, 0.1) is 27.2 Å². The van der Waals surface area contributed by atoms with E-state index < -0.39 is 0 Å². The third kappa shape index (κ3) is 2.48. The van der Waals surface area contributed by atoms with E-state index >= 15 is 0 Å². The van der Waals surface area contributed by atoms with Crippen molar-refractivity contribution >= 4 is 33.0 Å². The maximum absolute atomic E-state index is 13.3. The summed E-state index contributed by atoms with van der Waals surface area (Å²) in [5.74, 6) is -0.375. The number of aryl methyl sites for hydroxylation is 2. The highest BCUT2D eigenvalue weighted by atomic mass is 79.9. The largest absolute Gasteiger partial charge is 0.397 e. The van der Waals surface area contributed by atoms with E-state index in [2.05, 4.69) is 26.3 Å². The number of hydrogen-bond acceptors (Lipinski definition) is 3. The molecule has 0 atom stereocenters. The van der Waals surface area contributed by atoms with Gasteiger partial charge in [0.25, 0.3) is 0 Å². The van der Waals surface area contributed by atoms with E-state index in [1.54, 1.807) is 10.7 Å². The first kappa shape index (κ1) is 12.9. The second kappa shape index (κ2) is 4.97. The first-order chi connectivity index (χ1) is 8.51. The second-order valence-corrected chi connectivity index (χ2v) is 4.85. The molecule has 0 fully saturated rings. The summed E-state index contributed by atoms with van der Waals surface area (Å²) in [6, 6.07) is 2.91. The van der Waals surface area contributed by atoms with Crippen molar-refractivity contribution in [1.82, 2.24) is 9.78 Å². The van der Waals surface area contributed by atoms with Crippen molar-refractivity contribution in [3.63, 3.8) is 0 Å². The smallest absolute Gasteiger partial charge is 0.139 e. The molecule has 0 saturated carbocycles. The van der Waals surface area contributed by atoms with Crippen molar-refractivity contribution in [3.8, 4) is 0 Å². The summed E-state index contributed by atoms with van der Waals surface area (Å²) in [6.45, 7) is 2.03. The van der Waals surface area contributed by atoms with E-state index in [-0.39, 0.29) is 5.82 Å². The Labute approximate surface area is 113 Å². The second-order valence-electron chi connectivity index (χ2n) is 4.00. The molecule has 0 amide bonds. The fraction of sp³-hybridized carbons (Fsp3) is 0.250. The minimum Gasteiger partial charge on any atom is -0.397 e. The van der Waals surface area contributed by atoms with E-state index in [9.17, 15) is 4.39 Å². The predicted octanol–water partition coefficient (Wildman–Crippen LogP) is 3.21. The minimum absolute atomic E-state index is 0.363. The lowest BCUT2D eigenvalue weighted by Gasteiger charge is -2.09. The first-order valence-electron chi connectivity index (χ1n) is 5.55. The fourth-order valence-electron chi connectivity index (χ4n) is 1.72. The molecule has 0 saturated heterocycles. The molecule has 0 aliphatic heterocycles. The number of anilines is 3. The summed E-state index contributed by atoms with van der Waals surface area (Å²) >= 11 is 3.14. The molecule has 0 aliphatic rings. The van der Waals surface area contributed by atoms with Crippen LogP contribution in [0.25, 0.3) is 0 Å². The lowest BCUT2D eigenvalue weighted by molar-refractivity contribution is 0.622. The van der Waals surface area contributed by atoms with Gasteiger partial charge in [-0.3, -0.25) is 4.68 Å². The number of nitrogens with one attached hydrogen (secondary N) is 1. The SMILES string of the molecule is CCc1nn(C)cc1Nc1cc(Br)c(F)cc1N. The number of hydrogen-bond donors (Lipinski definition) is 2. The van der Waals surface area contributed by atoms with Crippen LogP contribution >= 0.6 is 15.9 Å². The maximum Gasteiger partial charge on any atom is 0.139 e. The summed E-state index contributed by atoms with van der Waals surface area (Å²) in [5.41, 5.74) is 8.63. The highest BCUT2D eigenvalue weighted by Crippen LogP contribution is 2.30. The van der Waals surface area contributed by atoms with Gasteiger partial charge in [0.1, 0.15) is 5.82 Å². The lowest BCUT2D eigenvalue weighted by Crippen LogP contribution is -1.99. The monoisotopic (exact) mass is 312 g/mol. The third-order valence-corrected chi connectivity index (χ3v) is 3.21. The van der Waals surface area contributed by atoms with Crippen LogP contribution in [0, 0.1) is 5.82 Å². The standard InChI is InChI=1S/C12H14BrFN4/c1-3-10-12(6-18(2)17-10)16-11-4-7(13)8(14)5-9(11)15/h4-6,16H,3,15H2,1-2H3. The molecular formula is C12H14BrFN4. The van der Waals surface area contributed by atoms with Crippen LogP contribution in [0.4, 0.5) is 21.5 Å². The zero-order valence-corrected chi connectivity index (χ0v) is 11.8. The van der Waals surface area contributed by atoms with Crippen molar-refractivity contribution in [3.05, 3.63) is 34.3 Å². The van der Waals surface area contributed by atoms with E-state index in [1.165, 1.54) is 6.07 Å². The van der Waals surface area contributed by atoms with E-state index in [1.807, 2.05) is 20.2 Å². The van der Waals surface area contributed by atoms with Gasteiger partial charge in [0.15, 0.2) is 0 Å². The van der Waals surface area contributed by atoms with Crippen LogP contribution < -0.4 is 11.1 Å². The molecule has 3 N–H and O–H groups in total. The van der Waals surface area contributed by atoms with Crippen molar-refractivity contribution in [2.75, 3.05) is 11.1 Å². The molecule has 0 radical (unpaired) electrons. The molecule has 4 nitrogen and oxygen atoms in total. The third-order valence-electron chi connectivity index (χ3n) is 2.60. The normalized spacial score (nSPS) is 10.7. The van der Waals surface area contributed by atoms with Crippen molar-refractivity contribution in [2.45, 2.75) is 13.3 Å². The van der Waals surface area contributed by atoms with Gasteiger partial charge >= 0.3 is 0 Å². The Hall–Kier alpha value is -1.56. The number of nitrogen functional groups attached to an aromatic ring is 1. The van der Waals surface area contributed by atoms with Crippen LogP contribution in [0.3, 0.4) is 0 Å². The van der Waals surface area contributed by atoms with Crippen LogP contribution in [0.5, 0.6) is 0 Å². The highest BCUT2D eigenvalue weighted by Gasteiger charge is 2.10. The van der Waals surface area contributed by atoms with Crippen molar-refractivity contribution < 1.29 is 4.39 Å². The van der Waals surface area contributed by atoms with E-state index in [0.29, 0.717) is 15.8 Å². The fourth-order valence-corrected chi connectivity index (χ4v) is 2.06. The van der Waals surface area contributed by atoms with Gasteiger partial charge in [-0.15, -0.1) is 0 Å². The Morgan fingerprint density at radius 3 is 2.83 bits per heavy atom. The number of benzene rings is 1. The molecule has 0 aliphatic carbocycles. The Kier molecular flexibility index (Phi) is 3.56. The average molecular weight is 313 g/mol. The lowest BCUT2D eigenvalue weighted by atomic mass is 10.2. The van der Waals surface area contributed by atoms with Gasteiger partial charge in [-0.2, -0.15) is 5.10 Å². The molecule has 18 heavy (non-hydrogen) atoms. The Balaban J connectivity index is 2.36. The molecule has 0 unspecified atom stereocenters. The number of halogens is 2. The summed E-state index contributed by atoms with van der Waals surface area (Å²) in [5, 5.41) is 7.50. The molecule has 1 aromatic carbocycles. The molecular weight excluding hydrogens is 299 g/mol. The maximum atomic E-state index is 13.3. The Bertz CT molecular complexity index is 580. The van der Waals surface area contributed by atoms with Gasteiger partial charge in [0, 0.05) is 19.3 Å². The number of nitrogens with zero attached hydrogens (tertiary/aromatic N) is 2. The Morgan fingerprint density at radius 1 is 1.44 bits per heavy atom. The summed E-state index contributed by atoms with van der Waals surface area (Å²) in [6.07, 6.45) is 2.68. The molecule has 96 valence electrons. The predicted molar refractivity (Wildman–Crippen MR) is 74.4 cm³/mol. The van der Waals surface area contributed by atoms with Gasteiger partial charge in [0.2, 0.25) is 0 Å². The topological polar surface area (TPSA) is 55.9 Å². The van der Waals surface area contributed by atoms with Gasteiger partial charge in [-0.05, 0) is 28.4 Å². The van der Waals surface area contributed by atoms with Crippen molar-refractivity contribution in [1.29, 1.82) is 0 Å². The number of aromatic nitrogens is 2. The number of rotatable bonds is 3.